The van der Waals surface area contributed by atoms with E-state index in [-0.39, 0.29) is 17.4 Å². The number of anilines is 3. The molecule has 0 saturated carbocycles. The second kappa shape index (κ2) is 6.47. The highest BCUT2D eigenvalue weighted by atomic mass is 19.4. The maximum absolute atomic E-state index is 13.2. The van der Waals surface area contributed by atoms with E-state index in [0.29, 0.717) is 34.3 Å². The Balaban J connectivity index is 1.67. The minimum absolute atomic E-state index is 0.0678. The Morgan fingerprint density at radius 1 is 1.07 bits per heavy atom. The molecule has 0 atom stereocenters. The minimum atomic E-state index is -4.66. The second-order valence-electron chi connectivity index (χ2n) is 6.68. The van der Waals surface area contributed by atoms with E-state index in [0.717, 1.165) is 12.1 Å². The number of fused-ring (bicyclic) bond motifs is 1. The quantitative estimate of drug-likeness (QED) is 0.739. The molecular formula is C18H17F3N6O. The lowest BCUT2D eigenvalue weighted by atomic mass is 10.2. The number of halogens is 3. The Morgan fingerprint density at radius 2 is 1.79 bits per heavy atom. The minimum Gasteiger partial charge on any atom is -0.339 e. The molecule has 28 heavy (non-hydrogen) atoms. The third kappa shape index (κ3) is 3.04. The van der Waals surface area contributed by atoms with Crippen LogP contribution in [0.4, 0.5) is 30.4 Å². The van der Waals surface area contributed by atoms with Gasteiger partial charge in [-0.25, -0.2) is 0 Å². The van der Waals surface area contributed by atoms with Crippen LogP contribution in [0.15, 0.2) is 24.3 Å². The summed E-state index contributed by atoms with van der Waals surface area (Å²) in [5, 5.41) is 14.0. The first kappa shape index (κ1) is 18.2. The molecule has 1 fully saturated rings. The van der Waals surface area contributed by atoms with Crippen LogP contribution in [0.2, 0.25) is 0 Å². The number of aromatic nitrogens is 4. The standard InChI is InChI=1S/C18H17F3N6O/c1-10-11(2)16-23-24-17(18(19,20)21)27(16)25-15(10)22-12-5-7-13(8-6-12)26-9-3-4-14(26)28/h5-8H,3-4,9H2,1-2H3,(H,22,25). The number of alkyl halides is 3. The van der Waals surface area contributed by atoms with Gasteiger partial charge < -0.3 is 10.2 Å². The van der Waals surface area contributed by atoms with Gasteiger partial charge in [0.15, 0.2) is 11.5 Å². The van der Waals surface area contributed by atoms with Crippen LogP contribution in [0, 0.1) is 13.8 Å². The summed E-state index contributed by atoms with van der Waals surface area (Å²) < 4.78 is 40.2. The number of nitrogens with one attached hydrogen (secondary N) is 1. The predicted octanol–water partition coefficient (Wildman–Crippen LogP) is 3.63. The number of rotatable bonds is 3. The van der Waals surface area contributed by atoms with Crippen LogP contribution in [0.5, 0.6) is 0 Å². The van der Waals surface area contributed by atoms with E-state index in [9.17, 15) is 18.0 Å². The fourth-order valence-electron chi connectivity index (χ4n) is 3.21. The van der Waals surface area contributed by atoms with Crippen molar-refractivity contribution < 1.29 is 18.0 Å². The fraction of sp³-hybridized carbons (Fsp3) is 0.333. The summed E-state index contributed by atoms with van der Waals surface area (Å²) in [7, 11) is 0. The third-order valence-electron chi connectivity index (χ3n) is 4.86. The molecule has 1 N–H and O–H groups in total. The highest BCUT2D eigenvalue weighted by Gasteiger charge is 2.38. The Bertz CT molecular complexity index is 1060. The van der Waals surface area contributed by atoms with Crippen molar-refractivity contribution in [2.75, 3.05) is 16.8 Å². The zero-order valence-electron chi connectivity index (χ0n) is 15.2. The summed E-state index contributed by atoms with van der Waals surface area (Å²) in [5.74, 6) is -0.802. The van der Waals surface area contributed by atoms with E-state index in [1.165, 1.54) is 0 Å². The molecule has 1 saturated heterocycles. The number of benzene rings is 1. The predicted molar refractivity (Wildman–Crippen MR) is 96.6 cm³/mol. The number of hydrogen-bond acceptors (Lipinski definition) is 5. The van der Waals surface area contributed by atoms with Crippen LogP contribution < -0.4 is 10.2 Å². The molecule has 10 heteroatoms. The number of nitrogens with zero attached hydrogens (tertiary/aromatic N) is 5. The molecule has 1 amide bonds. The molecular weight excluding hydrogens is 373 g/mol. The Kier molecular flexibility index (Phi) is 4.20. The van der Waals surface area contributed by atoms with Gasteiger partial charge >= 0.3 is 6.18 Å². The molecule has 3 heterocycles. The van der Waals surface area contributed by atoms with Crippen molar-refractivity contribution in [2.45, 2.75) is 32.9 Å². The summed E-state index contributed by atoms with van der Waals surface area (Å²) in [6, 6.07) is 7.12. The maximum Gasteiger partial charge on any atom is 0.453 e. The molecule has 2 aromatic heterocycles. The summed E-state index contributed by atoms with van der Waals surface area (Å²) in [6.07, 6.45) is -3.28. The third-order valence-corrected chi connectivity index (χ3v) is 4.86. The van der Waals surface area contributed by atoms with E-state index in [4.69, 9.17) is 0 Å². The SMILES string of the molecule is Cc1c(Nc2ccc(N3CCCC3=O)cc2)nn2c(C(F)(F)F)nnc2c1C. The Morgan fingerprint density at radius 3 is 2.39 bits per heavy atom. The molecule has 1 aliphatic heterocycles. The average Bonchev–Trinajstić information content (AvgIpc) is 3.26. The van der Waals surface area contributed by atoms with Gasteiger partial charge in [-0.3, -0.25) is 4.79 Å². The molecule has 1 aliphatic rings. The fourth-order valence-corrected chi connectivity index (χ4v) is 3.21. The van der Waals surface area contributed by atoms with Crippen molar-refractivity contribution in [1.82, 2.24) is 19.8 Å². The normalized spacial score (nSPS) is 14.9. The van der Waals surface area contributed by atoms with Gasteiger partial charge in [0.05, 0.1) is 0 Å². The highest BCUT2D eigenvalue weighted by Crippen LogP contribution is 2.31. The number of hydrogen-bond donors (Lipinski definition) is 1. The van der Waals surface area contributed by atoms with E-state index >= 15 is 0 Å². The van der Waals surface area contributed by atoms with Gasteiger partial charge in [0.1, 0.15) is 0 Å². The van der Waals surface area contributed by atoms with E-state index in [1.54, 1.807) is 43.0 Å². The first-order valence-corrected chi connectivity index (χ1v) is 8.73. The van der Waals surface area contributed by atoms with Crippen molar-refractivity contribution in [3.8, 4) is 0 Å². The summed E-state index contributed by atoms with van der Waals surface area (Å²) in [4.78, 5) is 13.6. The number of aryl methyl sites for hydroxylation is 1. The summed E-state index contributed by atoms with van der Waals surface area (Å²) >= 11 is 0. The Labute approximate surface area is 158 Å². The van der Waals surface area contributed by atoms with Gasteiger partial charge in [0.25, 0.3) is 5.82 Å². The highest BCUT2D eigenvalue weighted by molar-refractivity contribution is 5.95. The number of carbonyl (C=O) groups is 1. The maximum atomic E-state index is 13.2. The molecule has 0 radical (unpaired) electrons. The van der Waals surface area contributed by atoms with Crippen molar-refractivity contribution in [3.05, 3.63) is 41.2 Å². The average molecular weight is 390 g/mol. The van der Waals surface area contributed by atoms with Gasteiger partial charge in [0.2, 0.25) is 5.91 Å². The monoisotopic (exact) mass is 390 g/mol. The van der Waals surface area contributed by atoms with Gasteiger partial charge in [-0.1, -0.05) is 0 Å². The van der Waals surface area contributed by atoms with Crippen LogP contribution >= 0.6 is 0 Å². The van der Waals surface area contributed by atoms with Gasteiger partial charge in [0, 0.05) is 35.5 Å². The van der Waals surface area contributed by atoms with Crippen LogP contribution in [-0.2, 0) is 11.0 Å². The zero-order valence-corrected chi connectivity index (χ0v) is 15.2. The second-order valence-corrected chi connectivity index (χ2v) is 6.68. The van der Waals surface area contributed by atoms with Crippen LogP contribution in [0.25, 0.3) is 5.65 Å². The molecule has 0 unspecified atom stereocenters. The lowest BCUT2D eigenvalue weighted by Gasteiger charge is -2.17. The number of carbonyl (C=O) groups excluding carboxylic acids is 1. The van der Waals surface area contributed by atoms with Crippen LogP contribution in [0.3, 0.4) is 0 Å². The Hall–Kier alpha value is -3.17. The molecule has 0 bridgehead atoms. The molecule has 146 valence electrons. The topological polar surface area (TPSA) is 75.4 Å². The van der Waals surface area contributed by atoms with Crippen molar-refractivity contribution >= 4 is 28.7 Å². The van der Waals surface area contributed by atoms with Crippen LogP contribution in [-0.4, -0.2) is 32.3 Å². The molecule has 4 rings (SSSR count). The zero-order chi connectivity index (χ0) is 20.1. The molecule has 3 aromatic rings. The summed E-state index contributed by atoms with van der Waals surface area (Å²) in [6.45, 7) is 4.12. The van der Waals surface area contributed by atoms with E-state index in [2.05, 4.69) is 20.6 Å². The van der Waals surface area contributed by atoms with Gasteiger partial charge in [-0.05, 0) is 44.5 Å². The van der Waals surface area contributed by atoms with Crippen molar-refractivity contribution in [2.24, 2.45) is 0 Å². The lowest BCUT2D eigenvalue weighted by molar-refractivity contribution is -0.146. The summed E-state index contributed by atoms with van der Waals surface area (Å²) in [5.41, 5.74) is 2.74. The molecule has 1 aromatic carbocycles. The first-order valence-electron chi connectivity index (χ1n) is 8.73. The molecule has 0 spiro atoms. The first-order chi connectivity index (χ1) is 13.3. The largest absolute Gasteiger partial charge is 0.453 e. The lowest BCUT2D eigenvalue weighted by Crippen LogP contribution is -2.23. The molecule has 0 aliphatic carbocycles. The van der Waals surface area contributed by atoms with Gasteiger partial charge in [-0.15, -0.1) is 15.3 Å². The van der Waals surface area contributed by atoms with Crippen molar-refractivity contribution in [3.63, 3.8) is 0 Å². The smallest absolute Gasteiger partial charge is 0.339 e. The number of amides is 1. The van der Waals surface area contributed by atoms with E-state index < -0.39 is 12.0 Å². The van der Waals surface area contributed by atoms with Gasteiger partial charge in [-0.2, -0.15) is 17.7 Å². The van der Waals surface area contributed by atoms with Crippen molar-refractivity contribution in [1.29, 1.82) is 0 Å². The molecule has 7 nitrogen and oxygen atoms in total. The van der Waals surface area contributed by atoms with Crippen LogP contribution in [0.1, 0.15) is 29.8 Å². The van der Waals surface area contributed by atoms with E-state index in [1.807, 2.05) is 0 Å².